The van der Waals surface area contributed by atoms with Gasteiger partial charge in [-0.2, -0.15) is 4.48 Å². The van der Waals surface area contributed by atoms with Crippen LogP contribution >= 0.6 is 11.6 Å². The van der Waals surface area contributed by atoms with Gasteiger partial charge < -0.3 is 9.47 Å². The second-order valence-electron chi connectivity index (χ2n) is 7.49. The summed E-state index contributed by atoms with van der Waals surface area (Å²) in [5.74, 6) is -0.392. The summed E-state index contributed by atoms with van der Waals surface area (Å²) in [5.41, 5.74) is -0.401. The zero-order valence-corrected chi connectivity index (χ0v) is 18.1. The van der Waals surface area contributed by atoms with Gasteiger partial charge in [-0.25, -0.2) is 4.79 Å². The Labute approximate surface area is 189 Å². The van der Waals surface area contributed by atoms with Crippen LogP contribution in [0.3, 0.4) is 0 Å². The van der Waals surface area contributed by atoms with Crippen LogP contribution in [0.25, 0.3) is 0 Å². The number of ether oxygens (including phenoxy) is 2. The molecule has 2 heterocycles. The molecule has 1 aliphatic heterocycles. The molecule has 1 atom stereocenters. The number of quaternary nitrogens is 1. The molecule has 172 valence electrons. The Kier molecular flexibility index (Phi) is 5.54. The van der Waals surface area contributed by atoms with Gasteiger partial charge in [0.2, 0.25) is 5.82 Å². The van der Waals surface area contributed by atoms with Crippen LogP contribution in [-0.4, -0.2) is 29.0 Å². The maximum absolute atomic E-state index is 12.8. The lowest BCUT2D eigenvalue weighted by molar-refractivity contribution is -0.274. The number of amidine groups is 1. The summed E-state index contributed by atoms with van der Waals surface area (Å²) in [6.07, 6.45) is -4.87. The zero-order chi connectivity index (χ0) is 24.0. The number of hydrogen-bond donors (Lipinski definition) is 1. The van der Waals surface area contributed by atoms with Gasteiger partial charge in [0, 0.05) is 23.7 Å². The van der Waals surface area contributed by atoms with Crippen molar-refractivity contribution < 1.29 is 22.6 Å². The molecule has 12 heteroatoms. The van der Waals surface area contributed by atoms with Crippen LogP contribution in [0.1, 0.15) is 5.56 Å². The number of hydrogen-bond acceptors (Lipinski definition) is 5. The third kappa shape index (κ3) is 4.50. The quantitative estimate of drug-likeness (QED) is 0.574. The number of fused-ring (bicyclic) bond motifs is 1. The van der Waals surface area contributed by atoms with Gasteiger partial charge in [0.05, 0.1) is 7.05 Å². The van der Waals surface area contributed by atoms with Crippen LogP contribution in [-0.2, 0) is 13.6 Å². The number of aliphatic imine (C=N–C) groups is 1. The molecule has 0 aliphatic carbocycles. The third-order valence-corrected chi connectivity index (χ3v) is 5.30. The normalized spacial score (nSPS) is 17.5. The molecular weight excluding hydrogens is 465 g/mol. The first kappa shape index (κ1) is 22.6. The molecule has 1 aliphatic rings. The van der Waals surface area contributed by atoms with Crippen LogP contribution < -0.4 is 25.2 Å². The standard InChI is InChI=1S/C21H16ClF3N4O4/c1-28-17-16(18(30)27-19(28)31)29(2,11-12-6-8-13(22)9-7-12)20(26-17)32-14-4-3-5-15(10-14)33-21(23,24)25/h3-10H,11H2,1-2H3/p+1. The average Bonchev–Trinajstić information content (AvgIpc) is 2.99. The molecule has 8 nitrogen and oxygen atoms in total. The van der Waals surface area contributed by atoms with Crippen LogP contribution in [0, 0.1) is 0 Å². The number of alkyl halides is 3. The van der Waals surface area contributed by atoms with E-state index >= 15 is 0 Å². The summed E-state index contributed by atoms with van der Waals surface area (Å²) in [7, 11) is 3.09. The van der Waals surface area contributed by atoms with Gasteiger partial charge >= 0.3 is 23.6 Å². The topological polar surface area (TPSA) is 85.7 Å². The third-order valence-electron chi connectivity index (χ3n) is 5.05. The molecule has 0 saturated heterocycles. The van der Waals surface area contributed by atoms with E-state index in [1.165, 1.54) is 19.2 Å². The predicted molar refractivity (Wildman–Crippen MR) is 116 cm³/mol. The first-order valence-corrected chi connectivity index (χ1v) is 9.91. The van der Waals surface area contributed by atoms with Crippen molar-refractivity contribution in [3.05, 3.63) is 80.0 Å². The van der Waals surface area contributed by atoms with Crippen molar-refractivity contribution in [3.8, 4) is 11.5 Å². The highest BCUT2D eigenvalue weighted by Crippen LogP contribution is 2.38. The largest absolute Gasteiger partial charge is 0.573 e. The highest BCUT2D eigenvalue weighted by atomic mass is 35.5. The fourth-order valence-corrected chi connectivity index (χ4v) is 3.66. The van der Waals surface area contributed by atoms with Crippen molar-refractivity contribution in [1.82, 2.24) is 14.0 Å². The summed E-state index contributed by atoms with van der Waals surface area (Å²) in [4.78, 5) is 31.5. The van der Waals surface area contributed by atoms with E-state index in [1.807, 2.05) is 0 Å². The van der Waals surface area contributed by atoms with Crippen molar-refractivity contribution in [2.24, 2.45) is 12.0 Å². The Morgan fingerprint density at radius 3 is 2.45 bits per heavy atom. The number of halogens is 4. The second kappa shape index (κ2) is 8.09. The van der Waals surface area contributed by atoms with Crippen molar-refractivity contribution in [2.75, 3.05) is 7.05 Å². The molecule has 0 fully saturated rings. The summed E-state index contributed by atoms with van der Waals surface area (Å²) in [6.45, 7) is 0.184. The van der Waals surface area contributed by atoms with E-state index in [1.54, 1.807) is 31.3 Å². The van der Waals surface area contributed by atoms with E-state index in [4.69, 9.17) is 16.3 Å². The van der Waals surface area contributed by atoms with Crippen LogP contribution in [0.15, 0.2) is 63.1 Å². The molecule has 3 aromatic rings. The molecular formula is C21H17ClF3N4O4+. The van der Waals surface area contributed by atoms with Crippen LogP contribution in [0.5, 0.6) is 11.5 Å². The number of H-pyrrole nitrogens is 1. The Morgan fingerprint density at radius 1 is 1.12 bits per heavy atom. The lowest BCUT2D eigenvalue weighted by atomic mass is 10.2. The van der Waals surface area contributed by atoms with Crippen LogP contribution in [0.2, 0.25) is 5.02 Å². The molecule has 1 unspecified atom stereocenters. The molecule has 0 radical (unpaired) electrons. The summed E-state index contributed by atoms with van der Waals surface area (Å²) in [5, 5.41) is 0.523. The molecule has 0 spiro atoms. The summed E-state index contributed by atoms with van der Waals surface area (Å²) < 4.78 is 48.5. The van der Waals surface area contributed by atoms with E-state index in [0.29, 0.717) is 5.02 Å². The molecule has 0 amide bonds. The van der Waals surface area contributed by atoms with Gasteiger partial charge in [0.1, 0.15) is 18.0 Å². The number of aromatic amines is 1. The van der Waals surface area contributed by atoms with Crippen molar-refractivity contribution in [3.63, 3.8) is 0 Å². The van der Waals surface area contributed by atoms with Crippen molar-refractivity contribution in [2.45, 2.75) is 12.9 Å². The first-order valence-electron chi connectivity index (χ1n) is 9.53. The maximum atomic E-state index is 12.8. The SMILES string of the molecule is Cn1c2c(c(=O)[nH]c1=O)[N+](C)(Cc1ccc(Cl)cc1)C(Oc1cccc(OC(F)(F)F)c1)=N2. The fourth-order valence-electron chi connectivity index (χ4n) is 3.53. The minimum atomic E-state index is -4.87. The number of aromatic nitrogens is 2. The summed E-state index contributed by atoms with van der Waals surface area (Å²) in [6, 6.07) is 11.8. The summed E-state index contributed by atoms with van der Waals surface area (Å²) >= 11 is 5.97. The zero-order valence-electron chi connectivity index (χ0n) is 17.3. The van der Waals surface area contributed by atoms with Crippen LogP contribution in [0.4, 0.5) is 24.7 Å². The van der Waals surface area contributed by atoms with E-state index in [0.717, 1.165) is 22.3 Å². The fraction of sp³-hybridized carbons (Fsp3) is 0.190. The minimum absolute atomic E-state index is 0.00481. The molecule has 4 rings (SSSR count). The first-order chi connectivity index (χ1) is 15.5. The smallest absolute Gasteiger partial charge is 0.406 e. The number of benzene rings is 2. The van der Waals surface area contributed by atoms with E-state index < -0.39 is 23.4 Å². The number of nitrogens with one attached hydrogen (secondary N) is 1. The number of rotatable bonds is 4. The molecule has 0 bridgehead atoms. The Balaban J connectivity index is 1.78. The van der Waals surface area contributed by atoms with Crippen molar-refractivity contribution >= 4 is 29.1 Å². The van der Waals surface area contributed by atoms with Gasteiger partial charge in [-0.05, 0) is 24.3 Å². The maximum Gasteiger partial charge on any atom is 0.573 e. The monoisotopic (exact) mass is 481 g/mol. The van der Waals surface area contributed by atoms with Crippen molar-refractivity contribution in [1.29, 1.82) is 0 Å². The molecule has 2 aromatic carbocycles. The molecule has 0 saturated carbocycles. The van der Waals surface area contributed by atoms with E-state index in [2.05, 4.69) is 14.7 Å². The predicted octanol–water partition coefficient (Wildman–Crippen LogP) is 3.84. The van der Waals surface area contributed by atoms with Gasteiger partial charge in [0.25, 0.3) is 5.69 Å². The minimum Gasteiger partial charge on any atom is -0.406 e. The Morgan fingerprint density at radius 2 is 1.79 bits per heavy atom. The molecule has 33 heavy (non-hydrogen) atoms. The molecule has 1 aromatic heterocycles. The van der Waals surface area contributed by atoms with Gasteiger partial charge in [-0.15, -0.1) is 18.2 Å². The van der Waals surface area contributed by atoms with Gasteiger partial charge in [-0.1, -0.05) is 29.8 Å². The molecule has 1 N–H and O–H groups in total. The highest BCUT2D eigenvalue weighted by Gasteiger charge is 2.47. The highest BCUT2D eigenvalue weighted by molar-refractivity contribution is 6.30. The average molecular weight is 482 g/mol. The van der Waals surface area contributed by atoms with E-state index in [-0.39, 0.29) is 34.3 Å². The number of nitrogens with zero attached hydrogens (tertiary/aromatic N) is 3. The lowest BCUT2D eigenvalue weighted by Crippen LogP contribution is -2.53. The Bertz CT molecular complexity index is 1370. The van der Waals surface area contributed by atoms with Gasteiger partial charge in [0.15, 0.2) is 0 Å². The lowest BCUT2D eigenvalue weighted by Gasteiger charge is -2.28. The second-order valence-corrected chi connectivity index (χ2v) is 7.92. The van der Waals surface area contributed by atoms with Gasteiger partial charge in [-0.3, -0.25) is 14.3 Å². The van der Waals surface area contributed by atoms with E-state index in [9.17, 15) is 22.8 Å². The Hall–Kier alpha value is -3.57.